The topological polar surface area (TPSA) is 70.7 Å². The highest BCUT2D eigenvalue weighted by molar-refractivity contribution is 7.99. The van der Waals surface area contributed by atoms with Gasteiger partial charge in [-0.1, -0.05) is 23.7 Å². The van der Waals surface area contributed by atoms with Crippen LogP contribution in [-0.4, -0.2) is 61.9 Å². The minimum atomic E-state index is -0.0552. The zero-order valence-corrected chi connectivity index (χ0v) is 19.0. The van der Waals surface area contributed by atoms with Crippen LogP contribution in [0.3, 0.4) is 0 Å². The summed E-state index contributed by atoms with van der Waals surface area (Å²) in [6, 6.07) is 14.6. The Morgan fingerprint density at radius 2 is 1.74 bits per heavy atom. The number of carbonyl (C=O) groups is 2. The van der Waals surface area contributed by atoms with Gasteiger partial charge >= 0.3 is 0 Å². The van der Waals surface area contributed by atoms with Crippen molar-refractivity contribution in [3.05, 3.63) is 64.7 Å². The fourth-order valence-corrected chi connectivity index (χ4v) is 4.09. The number of carbonyl (C=O) groups excluding carboxylic acids is 2. The van der Waals surface area contributed by atoms with E-state index in [9.17, 15) is 9.59 Å². The monoisotopic (exact) mass is 461 g/mol. The molecule has 0 atom stereocenters. The molecule has 1 saturated heterocycles. The predicted octanol–water partition coefficient (Wildman–Crippen LogP) is 3.66. The van der Waals surface area contributed by atoms with Gasteiger partial charge < -0.3 is 15.4 Å². The molecule has 166 valence electrons. The van der Waals surface area contributed by atoms with E-state index in [1.165, 1.54) is 11.8 Å². The van der Waals surface area contributed by atoms with Crippen LogP contribution < -0.4 is 10.6 Å². The molecule has 3 rings (SSSR count). The standard InChI is InChI=1S/C23H28ClN3O3S/c24-20-6-8-21(9-7-20)26-22(28)17-31-16-18-2-4-19(5-3-18)23(29)25-10-1-11-27-12-14-30-15-13-27/h2-9H,1,10-17H2,(H,25,29)(H,26,28). The Labute approximate surface area is 192 Å². The Bertz CT molecular complexity index is 840. The van der Waals surface area contributed by atoms with Gasteiger partial charge in [0.2, 0.25) is 5.91 Å². The van der Waals surface area contributed by atoms with Gasteiger partial charge in [0, 0.05) is 41.7 Å². The molecule has 8 heteroatoms. The average Bonchev–Trinajstić information content (AvgIpc) is 2.79. The molecule has 6 nitrogen and oxygen atoms in total. The molecule has 0 aromatic heterocycles. The van der Waals surface area contributed by atoms with Crippen LogP contribution >= 0.6 is 23.4 Å². The van der Waals surface area contributed by atoms with Crippen molar-refractivity contribution in [1.29, 1.82) is 0 Å². The number of amides is 2. The van der Waals surface area contributed by atoms with Crippen molar-refractivity contribution in [3.63, 3.8) is 0 Å². The number of nitrogens with zero attached hydrogens (tertiary/aromatic N) is 1. The number of hydrogen-bond acceptors (Lipinski definition) is 5. The molecule has 1 fully saturated rings. The van der Waals surface area contributed by atoms with Crippen LogP contribution in [0.2, 0.25) is 5.02 Å². The summed E-state index contributed by atoms with van der Waals surface area (Å²) < 4.78 is 5.34. The Morgan fingerprint density at radius 3 is 2.45 bits per heavy atom. The predicted molar refractivity (Wildman–Crippen MR) is 127 cm³/mol. The lowest BCUT2D eigenvalue weighted by Crippen LogP contribution is -2.38. The smallest absolute Gasteiger partial charge is 0.251 e. The Balaban J connectivity index is 1.32. The zero-order valence-electron chi connectivity index (χ0n) is 17.4. The molecule has 1 heterocycles. The molecule has 0 unspecified atom stereocenters. The highest BCUT2D eigenvalue weighted by Gasteiger charge is 2.10. The van der Waals surface area contributed by atoms with E-state index in [1.54, 1.807) is 24.3 Å². The van der Waals surface area contributed by atoms with Gasteiger partial charge in [-0.15, -0.1) is 11.8 Å². The third-order valence-electron chi connectivity index (χ3n) is 4.89. The fraction of sp³-hybridized carbons (Fsp3) is 0.391. The number of nitrogens with one attached hydrogen (secondary N) is 2. The molecule has 0 radical (unpaired) electrons. The summed E-state index contributed by atoms with van der Waals surface area (Å²) >= 11 is 7.37. The summed E-state index contributed by atoms with van der Waals surface area (Å²) in [5, 5.41) is 6.46. The van der Waals surface area contributed by atoms with Gasteiger partial charge in [0.25, 0.3) is 5.91 Å². The van der Waals surface area contributed by atoms with Gasteiger partial charge in [-0.3, -0.25) is 14.5 Å². The molecule has 31 heavy (non-hydrogen) atoms. The van der Waals surface area contributed by atoms with Gasteiger partial charge in [0.05, 0.1) is 19.0 Å². The normalized spacial score (nSPS) is 14.2. The van der Waals surface area contributed by atoms with Gasteiger partial charge in [0.1, 0.15) is 0 Å². The zero-order chi connectivity index (χ0) is 21.9. The van der Waals surface area contributed by atoms with Crippen molar-refractivity contribution in [1.82, 2.24) is 10.2 Å². The second kappa shape index (κ2) is 12.7. The average molecular weight is 462 g/mol. The number of ether oxygens (including phenoxy) is 1. The molecule has 2 aromatic rings. The first-order chi connectivity index (χ1) is 15.1. The minimum absolute atomic E-state index is 0.0523. The summed E-state index contributed by atoms with van der Waals surface area (Å²) in [7, 11) is 0. The Morgan fingerprint density at radius 1 is 1.03 bits per heavy atom. The number of hydrogen-bond donors (Lipinski definition) is 2. The molecule has 2 N–H and O–H groups in total. The lowest BCUT2D eigenvalue weighted by molar-refractivity contribution is -0.113. The molecular formula is C23H28ClN3O3S. The molecule has 1 aliphatic heterocycles. The summed E-state index contributed by atoms with van der Waals surface area (Å²) in [6.45, 7) is 5.17. The maximum atomic E-state index is 12.3. The highest BCUT2D eigenvalue weighted by Crippen LogP contribution is 2.16. The van der Waals surface area contributed by atoms with E-state index in [0.29, 0.717) is 28.6 Å². The minimum Gasteiger partial charge on any atom is -0.379 e. The van der Waals surface area contributed by atoms with Gasteiger partial charge in [-0.2, -0.15) is 0 Å². The quantitative estimate of drug-likeness (QED) is 0.528. The van der Waals surface area contributed by atoms with Gasteiger partial charge in [-0.25, -0.2) is 0 Å². The molecule has 1 aliphatic rings. The number of anilines is 1. The lowest BCUT2D eigenvalue weighted by Gasteiger charge is -2.26. The van der Waals surface area contributed by atoms with E-state index < -0.39 is 0 Å². The summed E-state index contributed by atoms with van der Waals surface area (Å²) in [5.74, 6) is 0.952. The molecule has 0 aliphatic carbocycles. The third kappa shape index (κ3) is 8.53. The van der Waals surface area contributed by atoms with Crippen LogP contribution in [-0.2, 0) is 15.3 Å². The molecule has 0 spiro atoms. The number of halogens is 1. The number of thioether (sulfide) groups is 1. The van der Waals surface area contributed by atoms with E-state index in [1.807, 2.05) is 24.3 Å². The van der Waals surface area contributed by atoms with Crippen molar-refractivity contribution < 1.29 is 14.3 Å². The molecular weight excluding hydrogens is 434 g/mol. The second-order valence-corrected chi connectivity index (χ2v) is 8.73. The van der Waals surface area contributed by atoms with E-state index >= 15 is 0 Å². The van der Waals surface area contributed by atoms with Crippen LogP contribution in [0.25, 0.3) is 0 Å². The van der Waals surface area contributed by atoms with Crippen molar-refractivity contribution >= 4 is 40.9 Å². The van der Waals surface area contributed by atoms with Gasteiger partial charge in [-0.05, 0) is 54.9 Å². The van der Waals surface area contributed by atoms with Crippen LogP contribution in [0.4, 0.5) is 5.69 Å². The second-order valence-electron chi connectivity index (χ2n) is 7.31. The molecule has 0 saturated carbocycles. The first-order valence-corrected chi connectivity index (χ1v) is 11.9. The number of morpholine rings is 1. The SMILES string of the molecule is O=C(CSCc1ccc(C(=O)NCCCN2CCOCC2)cc1)Nc1ccc(Cl)cc1. The first-order valence-electron chi connectivity index (χ1n) is 10.4. The van der Waals surface area contributed by atoms with E-state index in [-0.39, 0.29) is 11.8 Å². The number of rotatable bonds is 10. The Hall–Kier alpha value is -2.06. The van der Waals surface area contributed by atoms with Crippen LogP contribution in [0, 0.1) is 0 Å². The first kappa shape index (κ1) is 23.6. The molecule has 2 amide bonds. The van der Waals surface area contributed by atoms with Crippen molar-refractivity contribution in [2.24, 2.45) is 0 Å². The van der Waals surface area contributed by atoms with Crippen LogP contribution in [0.5, 0.6) is 0 Å². The van der Waals surface area contributed by atoms with E-state index in [4.69, 9.17) is 16.3 Å². The highest BCUT2D eigenvalue weighted by atomic mass is 35.5. The summed E-state index contributed by atoms with van der Waals surface area (Å²) in [6.07, 6.45) is 0.929. The van der Waals surface area contributed by atoms with Crippen LogP contribution in [0.1, 0.15) is 22.3 Å². The van der Waals surface area contributed by atoms with Crippen LogP contribution in [0.15, 0.2) is 48.5 Å². The maximum Gasteiger partial charge on any atom is 0.251 e. The molecule has 2 aromatic carbocycles. The largest absolute Gasteiger partial charge is 0.379 e. The fourth-order valence-electron chi connectivity index (χ4n) is 3.18. The van der Waals surface area contributed by atoms with Crippen molar-refractivity contribution in [2.75, 3.05) is 50.5 Å². The summed E-state index contributed by atoms with van der Waals surface area (Å²) in [5.41, 5.74) is 2.46. The van der Waals surface area contributed by atoms with E-state index in [2.05, 4.69) is 15.5 Å². The van der Waals surface area contributed by atoms with Crippen molar-refractivity contribution in [2.45, 2.75) is 12.2 Å². The maximum absolute atomic E-state index is 12.3. The Kier molecular flexibility index (Phi) is 9.68. The van der Waals surface area contributed by atoms with Gasteiger partial charge in [0.15, 0.2) is 0 Å². The molecule has 0 bridgehead atoms. The van der Waals surface area contributed by atoms with Crippen molar-refractivity contribution in [3.8, 4) is 0 Å². The lowest BCUT2D eigenvalue weighted by atomic mass is 10.1. The van der Waals surface area contributed by atoms with E-state index in [0.717, 1.165) is 50.5 Å². The third-order valence-corrected chi connectivity index (χ3v) is 6.14. The summed E-state index contributed by atoms with van der Waals surface area (Å²) in [4.78, 5) is 26.7. The number of benzene rings is 2.